The number of hydrogen-bond donors (Lipinski definition) is 2. The summed E-state index contributed by atoms with van der Waals surface area (Å²) in [5, 5.41) is 8.73. The van der Waals surface area contributed by atoms with Gasteiger partial charge in [0.2, 0.25) is 0 Å². The van der Waals surface area contributed by atoms with Crippen LogP contribution in [0.5, 0.6) is 5.75 Å². The highest BCUT2D eigenvalue weighted by atomic mass is 79.9. The third kappa shape index (κ3) is 2.71. The van der Waals surface area contributed by atoms with Crippen LogP contribution < -0.4 is 10.5 Å². The van der Waals surface area contributed by atoms with Gasteiger partial charge in [-0.3, -0.25) is 0 Å². The molecule has 0 bridgehead atoms. The molecule has 0 amide bonds. The summed E-state index contributed by atoms with van der Waals surface area (Å²) in [6, 6.07) is 4.60. The molecule has 0 aliphatic carbocycles. The van der Waals surface area contributed by atoms with Gasteiger partial charge in [0.05, 0.1) is 10.0 Å². The lowest BCUT2D eigenvalue weighted by Gasteiger charge is -2.07. The molecule has 76 valence electrons. The maximum atomic E-state index is 10.6. The van der Waals surface area contributed by atoms with E-state index in [1.807, 2.05) is 0 Å². The van der Waals surface area contributed by atoms with Crippen LogP contribution in [0.15, 0.2) is 22.7 Å². The Kier molecular flexibility index (Phi) is 3.91. The lowest BCUT2D eigenvalue weighted by molar-refractivity contribution is 0.0696. The first kappa shape index (κ1) is 11.0. The molecule has 0 radical (unpaired) electrons. The summed E-state index contributed by atoms with van der Waals surface area (Å²) >= 11 is 3.25. The van der Waals surface area contributed by atoms with E-state index in [0.717, 1.165) is 4.47 Å². The number of aromatic carboxylic acids is 1. The van der Waals surface area contributed by atoms with E-state index in [-0.39, 0.29) is 5.56 Å². The number of ether oxygens (including phenoxy) is 1. The van der Waals surface area contributed by atoms with E-state index < -0.39 is 5.97 Å². The van der Waals surface area contributed by atoms with Crippen LogP contribution in [0.2, 0.25) is 0 Å². The lowest BCUT2D eigenvalue weighted by Crippen LogP contribution is -2.11. The van der Waals surface area contributed by atoms with E-state index in [9.17, 15) is 4.79 Å². The molecule has 0 unspecified atom stereocenters. The first-order chi connectivity index (χ1) is 6.65. The van der Waals surface area contributed by atoms with Gasteiger partial charge in [0, 0.05) is 6.54 Å². The number of benzene rings is 1. The molecule has 0 saturated heterocycles. The molecule has 0 fully saturated rings. The zero-order chi connectivity index (χ0) is 10.6. The highest BCUT2D eigenvalue weighted by Gasteiger charge is 2.07. The third-order valence-corrected chi connectivity index (χ3v) is 2.21. The van der Waals surface area contributed by atoms with Gasteiger partial charge in [-0.05, 0) is 34.1 Å². The molecule has 0 heterocycles. The van der Waals surface area contributed by atoms with Gasteiger partial charge in [-0.25, -0.2) is 4.79 Å². The highest BCUT2D eigenvalue weighted by molar-refractivity contribution is 9.10. The van der Waals surface area contributed by atoms with Crippen molar-refractivity contribution in [1.29, 1.82) is 0 Å². The Bertz CT molecular complexity index is 341. The largest absolute Gasteiger partial charge is 0.491 e. The Morgan fingerprint density at radius 2 is 2.29 bits per heavy atom. The van der Waals surface area contributed by atoms with Gasteiger partial charge in [0.25, 0.3) is 0 Å². The van der Waals surface area contributed by atoms with Gasteiger partial charge in [-0.1, -0.05) is 0 Å². The Labute approximate surface area is 89.8 Å². The number of nitrogens with two attached hydrogens (primary N) is 1. The summed E-state index contributed by atoms with van der Waals surface area (Å²) in [5.41, 5.74) is 5.46. The van der Waals surface area contributed by atoms with Crippen LogP contribution >= 0.6 is 15.9 Å². The molecule has 5 heteroatoms. The number of halogens is 1. The smallest absolute Gasteiger partial charge is 0.335 e. The van der Waals surface area contributed by atoms with Gasteiger partial charge in [0.15, 0.2) is 0 Å². The number of carboxylic acids is 1. The molecule has 4 nitrogen and oxygen atoms in total. The van der Waals surface area contributed by atoms with E-state index >= 15 is 0 Å². The molecule has 0 aromatic heterocycles. The van der Waals surface area contributed by atoms with Crippen LogP contribution in [0, 0.1) is 0 Å². The number of hydrogen-bond acceptors (Lipinski definition) is 3. The Hall–Kier alpha value is -1.07. The van der Waals surface area contributed by atoms with Gasteiger partial charge in [-0.2, -0.15) is 0 Å². The molecule has 0 spiro atoms. The standard InChI is InChI=1S/C9H10BrNO3/c10-7-2-1-6(9(12)13)5-8(7)14-4-3-11/h1-2,5H,3-4,11H2,(H,12,13). The number of carboxylic acid groups (broad SMARTS) is 1. The lowest BCUT2D eigenvalue weighted by atomic mass is 10.2. The first-order valence-corrected chi connectivity index (χ1v) is 4.80. The van der Waals surface area contributed by atoms with Crippen LogP contribution in [0.1, 0.15) is 10.4 Å². The van der Waals surface area contributed by atoms with Crippen molar-refractivity contribution in [3.63, 3.8) is 0 Å². The predicted molar refractivity (Wildman–Crippen MR) is 55.7 cm³/mol. The quantitative estimate of drug-likeness (QED) is 0.860. The molecule has 3 N–H and O–H groups in total. The van der Waals surface area contributed by atoms with Crippen LogP contribution in [-0.2, 0) is 0 Å². The number of carbonyl (C=O) groups is 1. The van der Waals surface area contributed by atoms with E-state index in [1.165, 1.54) is 12.1 Å². The fourth-order valence-corrected chi connectivity index (χ4v) is 1.28. The second kappa shape index (κ2) is 4.97. The summed E-state index contributed by atoms with van der Waals surface area (Å²) in [7, 11) is 0. The average Bonchev–Trinajstić information content (AvgIpc) is 2.16. The maximum Gasteiger partial charge on any atom is 0.335 e. The molecular weight excluding hydrogens is 250 g/mol. The second-order valence-electron chi connectivity index (χ2n) is 2.59. The SMILES string of the molecule is NCCOc1cc(C(=O)O)ccc1Br. The van der Waals surface area contributed by atoms with Crippen LogP contribution in [0.3, 0.4) is 0 Å². The van der Waals surface area contributed by atoms with Gasteiger partial charge >= 0.3 is 5.97 Å². The van der Waals surface area contributed by atoms with E-state index in [0.29, 0.717) is 18.9 Å². The molecule has 1 aromatic rings. The molecular formula is C9H10BrNO3. The van der Waals surface area contributed by atoms with Crippen LogP contribution in [0.4, 0.5) is 0 Å². The summed E-state index contributed by atoms with van der Waals surface area (Å²) in [5.74, 6) is -0.481. The van der Waals surface area contributed by atoms with Crippen molar-refractivity contribution in [2.24, 2.45) is 5.73 Å². The Morgan fingerprint density at radius 1 is 1.57 bits per heavy atom. The van der Waals surface area contributed by atoms with Crippen molar-refractivity contribution in [3.05, 3.63) is 28.2 Å². The Morgan fingerprint density at radius 3 is 2.86 bits per heavy atom. The van der Waals surface area contributed by atoms with Crippen molar-refractivity contribution in [2.45, 2.75) is 0 Å². The molecule has 1 aromatic carbocycles. The van der Waals surface area contributed by atoms with Gasteiger partial charge in [0.1, 0.15) is 12.4 Å². The highest BCUT2D eigenvalue weighted by Crippen LogP contribution is 2.25. The van der Waals surface area contributed by atoms with Crippen molar-refractivity contribution in [1.82, 2.24) is 0 Å². The molecule has 0 saturated carbocycles. The minimum Gasteiger partial charge on any atom is -0.491 e. The van der Waals surface area contributed by atoms with E-state index in [4.69, 9.17) is 15.6 Å². The average molecular weight is 260 g/mol. The zero-order valence-electron chi connectivity index (χ0n) is 7.37. The number of rotatable bonds is 4. The zero-order valence-corrected chi connectivity index (χ0v) is 8.95. The van der Waals surface area contributed by atoms with Crippen LogP contribution in [0.25, 0.3) is 0 Å². The normalized spacial score (nSPS) is 9.86. The Balaban J connectivity index is 2.90. The monoisotopic (exact) mass is 259 g/mol. The van der Waals surface area contributed by atoms with Crippen molar-refractivity contribution in [3.8, 4) is 5.75 Å². The molecule has 14 heavy (non-hydrogen) atoms. The topological polar surface area (TPSA) is 72.5 Å². The predicted octanol–water partition coefficient (Wildman–Crippen LogP) is 1.48. The first-order valence-electron chi connectivity index (χ1n) is 4.01. The second-order valence-corrected chi connectivity index (χ2v) is 3.44. The summed E-state index contributed by atoms with van der Waals surface area (Å²) < 4.78 is 5.96. The molecule has 0 aliphatic rings. The third-order valence-electron chi connectivity index (χ3n) is 1.55. The van der Waals surface area contributed by atoms with Crippen molar-refractivity contribution in [2.75, 3.05) is 13.2 Å². The van der Waals surface area contributed by atoms with Crippen LogP contribution in [-0.4, -0.2) is 24.2 Å². The van der Waals surface area contributed by atoms with Crippen molar-refractivity contribution >= 4 is 21.9 Å². The van der Waals surface area contributed by atoms with Gasteiger partial charge < -0.3 is 15.6 Å². The minimum atomic E-state index is -0.977. The molecule has 0 aliphatic heterocycles. The fraction of sp³-hybridized carbons (Fsp3) is 0.222. The fourth-order valence-electron chi connectivity index (χ4n) is 0.916. The van der Waals surface area contributed by atoms with E-state index in [2.05, 4.69) is 15.9 Å². The summed E-state index contributed by atoms with van der Waals surface area (Å²) in [6.07, 6.45) is 0. The van der Waals surface area contributed by atoms with Crippen molar-refractivity contribution < 1.29 is 14.6 Å². The minimum absolute atomic E-state index is 0.195. The maximum absolute atomic E-state index is 10.6. The summed E-state index contributed by atoms with van der Waals surface area (Å²) in [4.78, 5) is 10.6. The molecule has 1 rings (SSSR count). The van der Waals surface area contributed by atoms with Gasteiger partial charge in [-0.15, -0.1) is 0 Å². The van der Waals surface area contributed by atoms with E-state index in [1.54, 1.807) is 6.07 Å². The summed E-state index contributed by atoms with van der Waals surface area (Å²) in [6.45, 7) is 0.755. The molecule has 0 atom stereocenters.